The number of amides is 4. The van der Waals surface area contributed by atoms with Gasteiger partial charge in [0.1, 0.15) is 6.04 Å². The lowest BCUT2D eigenvalue weighted by atomic mass is 9.85. The number of esters is 1. The van der Waals surface area contributed by atoms with E-state index in [-0.39, 0.29) is 0 Å². The van der Waals surface area contributed by atoms with Gasteiger partial charge in [-0.25, -0.2) is 4.79 Å². The van der Waals surface area contributed by atoms with Gasteiger partial charge >= 0.3 is 5.97 Å². The minimum Gasteiger partial charge on any atom is -0.454 e. The van der Waals surface area contributed by atoms with Crippen molar-refractivity contribution in [3.05, 3.63) is 48.0 Å². The Morgan fingerprint density at radius 2 is 1.64 bits per heavy atom. The minimum absolute atomic E-state index is 0.292. The van der Waals surface area contributed by atoms with Crippen molar-refractivity contribution in [1.29, 1.82) is 0 Å². The van der Waals surface area contributed by atoms with Crippen molar-refractivity contribution in [2.75, 3.05) is 6.61 Å². The van der Waals surface area contributed by atoms with Crippen molar-refractivity contribution < 1.29 is 28.7 Å². The quantitative estimate of drug-likeness (QED) is 0.457. The number of nitrogens with zero attached hydrogens (tertiary/aromatic N) is 1. The van der Waals surface area contributed by atoms with Gasteiger partial charge in [0.15, 0.2) is 6.61 Å². The van der Waals surface area contributed by atoms with Crippen LogP contribution in [0, 0.1) is 11.8 Å². The number of carbonyl (C=O) groups is 5. The van der Waals surface area contributed by atoms with Crippen molar-refractivity contribution >= 4 is 29.6 Å². The fourth-order valence-corrected chi connectivity index (χ4v) is 3.39. The molecule has 3 rings (SSSR count). The molecule has 1 N–H and O–H groups in total. The summed E-state index contributed by atoms with van der Waals surface area (Å²) in [7, 11) is 0. The SMILES string of the molecule is C[C@@H](C(=O)OCC(=O)NC(=O)c1ccccc1)N1C(=O)[C@H]2CC=CC[C@@H]2C1=O. The molecule has 0 radical (unpaired) electrons. The molecule has 0 saturated carbocycles. The molecular formula is C20H20N2O6. The van der Waals surface area contributed by atoms with Crippen molar-refractivity contribution in [3.8, 4) is 0 Å². The van der Waals surface area contributed by atoms with Gasteiger partial charge in [-0.2, -0.15) is 0 Å². The summed E-state index contributed by atoms with van der Waals surface area (Å²) in [6, 6.07) is 6.97. The van der Waals surface area contributed by atoms with Crippen LogP contribution in [-0.4, -0.2) is 47.1 Å². The molecule has 8 nitrogen and oxygen atoms in total. The highest BCUT2D eigenvalue weighted by Gasteiger charge is 2.50. The molecule has 8 heteroatoms. The molecule has 0 unspecified atom stereocenters. The lowest BCUT2D eigenvalue weighted by Crippen LogP contribution is -2.45. The number of rotatable bonds is 5. The van der Waals surface area contributed by atoms with Crippen LogP contribution in [-0.2, 0) is 23.9 Å². The normalized spacial score (nSPS) is 21.8. The standard InChI is InChI=1S/C20H20N2O6/c1-12(22-18(25)14-9-5-6-10-15(14)19(22)26)20(27)28-11-16(23)21-17(24)13-7-3-2-4-8-13/h2-8,12,14-15H,9-11H2,1H3,(H,21,23,24)/t12-,14-,15-/m0/s1. The van der Waals surface area contributed by atoms with Crippen LogP contribution < -0.4 is 5.32 Å². The summed E-state index contributed by atoms with van der Waals surface area (Å²) < 4.78 is 4.90. The van der Waals surface area contributed by atoms with Crippen molar-refractivity contribution in [3.63, 3.8) is 0 Å². The Bertz CT molecular complexity index is 822. The third-order valence-electron chi connectivity index (χ3n) is 4.90. The Hall–Kier alpha value is -3.29. The van der Waals surface area contributed by atoms with Crippen LogP contribution in [0.2, 0.25) is 0 Å². The molecule has 3 atom stereocenters. The molecule has 1 saturated heterocycles. The monoisotopic (exact) mass is 384 g/mol. The lowest BCUT2D eigenvalue weighted by molar-refractivity contribution is -0.159. The maximum absolute atomic E-state index is 12.5. The third-order valence-corrected chi connectivity index (χ3v) is 4.90. The average Bonchev–Trinajstić information content (AvgIpc) is 2.97. The summed E-state index contributed by atoms with van der Waals surface area (Å²) in [4.78, 5) is 61.9. The molecule has 0 aromatic heterocycles. The van der Waals surface area contributed by atoms with Gasteiger partial charge in [-0.15, -0.1) is 0 Å². The first kappa shape index (κ1) is 19.5. The maximum Gasteiger partial charge on any atom is 0.329 e. The predicted molar refractivity (Wildman–Crippen MR) is 96.5 cm³/mol. The van der Waals surface area contributed by atoms with Gasteiger partial charge in [-0.3, -0.25) is 29.4 Å². The fourth-order valence-electron chi connectivity index (χ4n) is 3.39. The average molecular weight is 384 g/mol. The van der Waals surface area contributed by atoms with Crippen molar-refractivity contribution in [1.82, 2.24) is 10.2 Å². The molecule has 1 fully saturated rings. The Kier molecular flexibility index (Phi) is 5.67. The molecule has 2 aliphatic rings. The van der Waals surface area contributed by atoms with Crippen LogP contribution in [0.1, 0.15) is 30.1 Å². The molecular weight excluding hydrogens is 364 g/mol. The van der Waals surface area contributed by atoms with Gasteiger partial charge in [0.25, 0.3) is 11.8 Å². The molecule has 0 spiro atoms. The Morgan fingerprint density at radius 3 is 2.21 bits per heavy atom. The Morgan fingerprint density at radius 1 is 1.07 bits per heavy atom. The van der Waals surface area contributed by atoms with Crippen LogP contribution in [0.5, 0.6) is 0 Å². The van der Waals surface area contributed by atoms with Crippen LogP contribution in [0.3, 0.4) is 0 Å². The van der Waals surface area contributed by atoms with E-state index in [2.05, 4.69) is 5.32 Å². The van der Waals surface area contributed by atoms with Crippen LogP contribution in [0.25, 0.3) is 0 Å². The van der Waals surface area contributed by atoms with E-state index in [1.807, 2.05) is 12.2 Å². The van der Waals surface area contributed by atoms with Gasteiger partial charge in [0.2, 0.25) is 11.8 Å². The van der Waals surface area contributed by atoms with E-state index in [0.29, 0.717) is 18.4 Å². The molecule has 28 heavy (non-hydrogen) atoms. The first-order valence-electron chi connectivity index (χ1n) is 8.98. The summed E-state index contributed by atoms with van der Waals surface area (Å²) in [5.74, 6) is -3.97. The predicted octanol–water partition coefficient (Wildman–Crippen LogP) is 0.826. The number of fused-ring (bicyclic) bond motifs is 1. The molecule has 1 aromatic carbocycles. The molecule has 4 amide bonds. The maximum atomic E-state index is 12.5. The Labute approximate surface area is 161 Å². The van der Waals surface area contributed by atoms with Crippen molar-refractivity contribution in [2.45, 2.75) is 25.8 Å². The summed E-state index contributed by atoms with van der Waals surface area (Å²) in [5.41, 5.74) is 0.292. The number of likely N-dealkylation sites (tertiary alicyclic amines) is 1. The molecule has 1 aliphatic carbocycles. The van der Waals surface area contributed by atoms with E-state index in [1.165, 1.54) is 19.1 Å². The number of benzene rings is 1. The number of hydrogen-bond acceptors (Lipinski definition) is 6. The van der Waals surface area contributed by atoms with E-state index in [9.17, 15) is 24.0 Å². The zero-order chi connectivity index (χ0) is 20.3. The second-order valence-electron chi connectivity index (χ2n) is 6.73. The number of hydrogen-bond donors (Lipinski definition) is 1. The molecule has 1 heterocycles. The molecule has 0 bridgehead atoms. The largest absolute Gasteiger partial charge is 0.454 e. The second kappa shape index (κ2) is 8.16. The van der Waals surface area contributed by atoms with Gasteiger partial charge in [-0.05, 0) is 31.9 Å². The smallest absolute Gasteiger partial charge is 0.329 e. The van der Waals surface area contributed by atoms with E-state index < -0.39 is 54.1 Å². The van der Waals surface area contributed by atoms with Crippen LogP contribution >= 0.6 is 0 Å². The van der Waals surface area contributed by atoms with E-state index in [4.69, 9.17) is 4.74 Å². The van der Waals surface area contributed by atoms with E-state index in [0.717, 1.165) is 4.90 Å². The fraction of sp³-hybridized carbons (Fsp3) is 0.350. The van der Waals surface area contributed by atoms with E-state index >= 15 is 0 Å². The topological polar surface area (TPSA) is 110 Å². The molecule has 1 aromatic rings. The van der Waals surface area contributed by atoms with E-state index in [1.54, 1.807) is 18.2 Å². The number of imide groups is 2. The van der Waals surface area contributed by atoms with Crippen LogP contribution in [0.4, 0.5) is 0 Å². The summed E-state index contributed by atoms with van der Waals surface area (Å²) in [6.45, 7) is 0.697. The summed E-state index contributed by atoms with van der Waals surface area (Å²) >= 11 is 0. The van der Waals surface area contributed by atoms with Crippen LogP contribution in [0.15, 0.2) is 42.5 Å². The highest BCUT2D eigenvalue weighted by molar-refractivity contribution is 6.08. The molecule has 146 valence electrons. The zero-order valence-electron chi connectivity index (χ0n) is 15.3. The third kappa shape index (κ3) is 3.85. The highest BCUT2D eigenvalue weighted by atomic mass is 16.5. The van der Waals surface area contributed by atoms with Gasteiger partial charge in [0, 0.05) is 5.56 Å². The summed E-state index contributed by atoms with van der Waals surface area (Å²) in [6.07, 6.45) is 4.65. The summed E-state index contributed by atoms with van der Waals surface area (Å²) in [5, 5.41) is 2.11. The van der Waals surface area contributed by atoms with Gasteiger partial charge in [0.05, 0.1) is 11.8 Å². The first-order valence-corrected chi connectivity index (χ1v) is 8.98. The number of ether oxygens (including phenoxy) is 1. The second-order valence-corrected chi connectivity index (χ2v) is 6.73. The lowest BCUT2D eigenvalue weighted by Gasteiger charge is -2.21. The van der Waals surface area contributed by atoms with Gasteiger partial charge < -0.3 is 4.74 Å². The minimum atomic E-state index is -1.14. The Balaban J connectivity index is 1.53. The van der Waals surface area contributed by atoms with Crippen molar-refractivity contribution in [2.24, 2.45) is 11.8 Å². The number of carbonyl (C=O) groups excluding carboxylic acids is 5. The molecule has 1 aliphatic heterocycles. The first-order chi connectivity index (χ1) is 13.4. The number of allylic oxidation sites excluding steroid dienone is 2. The van der Waals surface area contributed by atoms with Gasteiger partial charge in [-0.1, -0.05) is 30.4 Å². The zero-order valence-corrected chi connectivity index (χ0v) is 15.3. The highest BCUT2D eigenvalue weighted by Crippen LogP contribution is 2.36. The number of nitrogens with one attached hydrogen (secondary N) is 1.